The van der Waals surface area contributed by atoms with Crippen LogP contribution in [0.25, 0.3) is 11.1 Å². The lowest BCUT2D eigenvalue weighted by atomic mass is 10.0. The van der Waals surface area contributed by atoms with Crippen LogP contribution in [0.3, 0.4) is 0 Å². The van der Waals surface area contributed by atoms with Crippen LogP contribution < -0.4 is 9.47 Å². The van der Waals surface area contributed by atoms with Gasteiger partial charge in [0.1, 0.15) is 17.4 Å². The first-order valence-electron chi connectivity index (χ1n) is 6.77. The van der Waals surface area contributed by atoms with E-state index in [1.54, 1.807) is 0 Å². The van der Waals surface area contributed by atoms with Gasteiger partial charge in [0, 0.05) is 12.1 Å². The lowest BCUT2D eigenvalue weighted by Gasteiger charge is -2.15. The van der Waals surface area contributed by atoms with E-state index >= 15 is 0 Å². The van der Waals surface area contributed by atoms with Crippen molar-refractivity contribution in [3.63, 3.8) is 0 Å². The summed E-state index contributed by atoms with van der Waals surface area (Å²) in [6.07, 6.45) is -1.81. The summed E-state index contributed by atoms with van der Waals surface area (Å²) in [5.74, 6) is -3.00. The fraction of sp³-hybridized carbons (Fsp3) is 0.200. The van der Waals surface area contributed by atoms with Gasteiger partial charge < -0.3 is 19.0 Å². The minimum atomic E-state index is -1.81. The molecule has 1 atom stereocenters. The number of rotatable bonds is 4. The highest BCUT2D eigenvalue weighted by Gasteiger charge is 2.29. The zero-order valence-corrected chi connectivity index (χ0v) is 14.3. The largest absolute Gasteiger partial charge is 0.494 e. The molecule has 0 saturated carbocycles. The first kappa shape index (κ1) is 17.7. The number of hydrogen-bond acceptors (Lipinski definition) is 6. The molecule has 0 radical (unpaired) electrons. The summed E-state index contributed by atoms with van der Waals surface area (Å²) in [4.78, 5) is 7.57. The Hall–Kier alpha value is -2.16. The van der Waals surface area contributed by atoms with Crippen molar-refractivity contribution in [1.82, 2.24) is 9.97 Å². The van der Waals surface area contributed by atoms with Gasteiger partial charge in [-0.25, -0.2) is 18.7 Å². The third-order valence-corrected chi connectivity index (χ3v) is 3.90. The van der Waals surface area contributed by atoms with E-state index in [0.717, 1.165) is 6.07 Å². The highest BCUT2D eigenvalue weighted by Crippen LogP contribution is 2.38. The number of nitrogens with zero attached hydrogens (tertiary/aromatic N) is 2. The Morgan fingerprint density at radius 3 is 2.24 bits per heavy atom. The first-order valence-corrected chi connectivity index (χ1v) is 7.53. The van der Waals surface area contributed by atoms with Crippen LogP contribution in [0, 0.1) is 11.6 Å². The monoisotopic (exact) mass is 390 g/mol. The Kier molecular flexibility index (Phi) is 4.68. The van der Waals surface area contributed by atoms with E-state index in [4.69, 9.17) is 37.1 Å². The molecule has 0 spiro atoms. The molecule has 3 aromatic rings. The van der Waals surface area contributed by atoms with Crippen molar-refractivity contribution in [3.8, 4) is 11.5 Å². The van der Waals surface area contributed by atoms with Crippen LogP contribution in [0.5, 0.6) is 11.5 Å². The summed E-state index contributed by atoms with van der Waals surface area (Å²) in [5, 5.41) is 10.2. The quantitative estimate of drug-likeness (QED) is 0.537. The van der Waals surface area contributed by atoms with E-state index in [2.05, 4.69) is 9.97 Å². The Morgan fingerprint density at radius 2 is 1.68 bits per heavy atom. The van der Waals surface area contributed by atoms with Crippen molar-refractivity contribution in [3.05, 3.63) is 45.5 Å². The van der Waals surface area contributed by atoms with Gasteiger partial charge in [-0.2, -0.15) is 0 Å². The molecule has 2 heterocycles. The third kappa shape index (κ3) is 2.97. The number of aliphatic hydroxyl groups excluding tert-OH is 1. The maximum absolute atomic E-state index is 14.5. The average Bonchev–Trinajstić information content (AvgIpc) is 2.99. The summed E-state index contributed by atoms with van der Waals surface area (Å²) >= 11 is 11.6. The molecule has 0 aliphatic carbocycles. The maximum Gasteiger partial charge on any atom is 0.224 e. The molecule has 25 heavy (non-hydrogen) atoms. The minimum Gasteiger partial charge on any atom is -0.494 e. The number of furan rings is 1. The van der Waals surface area contributed by atoms with Gasteiger partial charge in [-0.05, 0) is 11.6 Å². The van der Waals surface area contributed by atoms with Crippen molar-refractivity contribution in [2.75, 3.05) is 14.2 Å². The van der Waals surface area contributed by atoms with E-state index in [9.17, 15) is 13.9 Å². The molecular formula is C15H10Cl2F2N2O4. The van der Waals surface area contributed by atoms with Crippen LogP contribution in [0.15, 0.2) is 16.5 Å². The number of ether oxygens (including phenoxy) is 2. The van der Waals surface area contributed by atoms with Crippen LogP contribution in [-0.2, 0) is 0 Å². The van der Waals surface area contributed by atoms with Gasteiger partial charge in [-0.15, -0.1) is 0 Å². The van der Waals surface area contributed by atoms with Gasteiger partial charge in [-0.1, -0.05) is 11.6 Å². The van der Waals surface area contributed by atoms with E-state index < -0.39 is 23.3 Å². The fourth-order valence-electron chi connectivity index (χ4n) is 2.31. The molecule has 1 N–H and O–H groups in total. The predicted octanol–water partition coefficient (Wildman–Crippen LogP) is 3.91. The highest BCUT2D eigenvalue weighted by atomic mass is 35.5. The second-order valence-corrected chi connectivity index (χ2v) is 5.57. The second-order valence-electron chi connectivity index (χ2n) is 4.87. The number of aliphatic hydroxyl groups is 1. The zero-order valence-electron chi connectivity index (χ0n) is 12.8. The summed E-state index contributed by atoms with van der Waals surface area (Å²) in [7, 11) is 2.40. The molecule has 2 aromatic heterocycles. The molecule has 1 unspecified atom stereocenters. The molecule has 0 amide bonds. The maximum atomic E-state index is 14.5. The van der Waals surface area contributed by atoms with E-state index in [-0.39, 0.29) is 38.8 Å². The molecular weight excluding hydrogens is 381 g/mol. The Bertz CT molecular complexity index is 936. The van der Waals surface area contributed by atoms with Crippen LogP contribution in [0.2, 0.25) is 10.4 Å². The second kappa shape index (κ2) is 6.62. The topological polar surface area (TPSA) is 77.6 Å². The molecule has 0 saturated heterocycles. The van der Waals surface area contributed by atoms with Gasteiger partial charge >= 0.3 is 0 Å². The summed E-state index contributed by atoms with van der Waals surface area (Å²) in [6.45, 7) is 0. The van der Waals surface area contributed by atoms with Crippen molar-refractivity contribution in [1.29, 1.82) is 0 Å². The van der Waals surface area contributed by atoms with Crippen molar-refractivity contribution in [2.24, 2.45) is 0 Å². The van der Waals surface area contributed by atoms with Crippen LogP contribution >= 0.6 is 23.2 Å². The van der Waals surface area contributed by atoms with Crippen molar-refractivity contribution in [2.45, 2.75) is 6.10 Å². The number of benzene rings is 1. The van der Waals surface area contributed by atoms with Crippen LogP contribution in [0.4, 0.5) is 8.78 Å². The smallest absolute Gasteiger partial charge is 0.224 e. The van der Waals surface area contributed by atoms with E-state index in [1.807, 2.05) is 0 Å². The highest BCUT2D eigenvalue weighted by molar-refractivity contribution is 6.35. The van der Waals surface area contributed by atoms with Crippen LogP contribution in [0.1, 0.15) is 17.4 Å². The standard InChI is InChI=1S/C15H10Cl2F2N2O4/c1-23-6-4-7(24-2)11(19)9(10(6)18)12(22)8-3-5-13(25-8)14(16)21-15(17)20-5/h3-4,12,22H,1-2H3. The Balaban J connectivity index is 2.18. The van der Waals surface area contributed by atoms with Crippen LogP contribution in [-0.4, -0.2) is 29.3 Å². The lowest BCUT2D eigenvalue weighted by molar-refractivity contribution is 0.179. The third-order valence-electron chi connectivity index (χ3n) is 3.47. The van der Waals surface area contributed by atoms with Gasteiger partial charge in [0.05, 0.1) is 19.8 Å². The summed E-state index contributed by atoms with van der Waals surface area (Å²) in [5.41, 5.74) is -0.504. The van der Waals surface area contributed by atoms with Crippen molar-refractivity contribution < 1.29 is 27.8 Å². The molecule has 3 rings (SSSR count). The molecule has 132 valence electrons. The molecule has 0 aliphatic heterocycles. The van der Waals surface area contributed by atoms with Crippen molar-refractivity contribution >= 4 is 34.3 Å². The number of hydrogen-bond donors (Lipinski definition) is 1. The zero-order chi connectivity index (χ0) is 18.3. The number of aromatic nitrogens is 2. The molecule has 10 heteroatoms. The fourth-order valence-corrected chi connectivity index (χ4v) is 2.74. The molecule has 0 aliphatic rings. The molecule has 0 fully saturated rings. The summed E-state index contributed by atoms with van der Waals surface area (Å²) < 4.78 is 44.0. The average molecular weight is 391 g/mol. The van der Waals surface area contributed by atoms with E-state index in [0.29, 0.717) is 0 Å². The van der Waals surface area contributed by atoms with Gasteiger partial charge in [0.2, 0.25) is 5.28 Å². The Labute approximate surface area is 149 Å². The SMILES string of the molecule is COc1cc(OC)c(F)c(C(O)c2cc3nc(Cl)nc(Cl)c3o2)c1F. The predicted molar refractivity (Wildman–Crippen MR) is 85.3 cm³/mol. The van der Waals surface area contributed by atoms with Gasteiger partial charge in [0.25, 0.3) is 0 Å². The lowest BCUT2D eigenvalue weighted by Crippen LogP contribution is -2.08. The Morgan fingerprint density at radius 1 is 1.08 bits per heavy atom. The summed E-state index contributed by atoms with van der Waals surface area (Å²) in [6, 6.07) is 2.28. The first-order chi connectivity index (χ1) is 11.9. The van der Waals surface area contributed by atoms with Gasteiger partial charge in [0.15, 0.2) is 33.9 Å². The van der Waals surface area contributed by atoms with Gasteiger partial charge in [-0.3, -0.25) is 0 Å². The van der Waals surface area contributed by atoms with E-state index in [1.165, 1.54) is 20.3 Å². The molecule has 6 nitrogen and oxygen atoms in total. The number of halogens is 4. The molecule has 0 bridgehead atoms. The molecule has 1 aromatic carbocycles. The number of fused-ring (bicyclic) bond motifs is 1. The number of methoxy groups -OCH3 is 2. The minimum absolute atomic E-state index is 0.0239. The normalized spacial score (nSPS) is 12.4.